The fourth-order valence-corrected chi connectivity index (χ4v) is 2.83. The Morgan fingerprint density at radius 1 is 1.40 bits per heavy atom. The van der Waals surface area contributed by atoms with Gasteiger partial charge in [-0.1, -0.05) is 0 Å². The van der Waals surface area contributed by atoms with E-state index in [1.165, 1.54) is 12.5 Å². The largest absolute Gasteiger partial charge is 0.376 e. The van der Waals surface area contributed by atoms with Gasteiger partial charge in [-0.25, -0.2) is 4.98 Å². The predicted molar refractivity (Wildman–Crippen MR) is 74.6 cm³/mol. The van der Waals surface area contributed by atoms with Gasteiger partial charge in [0.2, 0.25) is 5.82 Å². The highest BCUT2D eigenvalue weighted by molar-refractivity contribution is 5.56. The summed E-state index contributed by atoms with van der Waals surface area (Å²) in [6.45, 7) is 0.792. The Morgan fingerprint density at radius 3 is 2.90 bits per heavy atom. The smallest absolute Gasteiger partial charge is 0.311 e. The van der Waals surface area contributed by atoms with E-state index in [-0.39, 0.29) is 22.8 Å². The van der Waals surface area contributed by atoms with Gasteiger partial charge >= 0.3 is 5.69 Å². The van der Waals surface area contributed by atoms with Gasteiger partial charge in [-0.05, 0) is 44.1 Å². The Kier molecular flexibility index (Phi) is 3.82. The zero-order chi connectivity index (χ0) is 13.9. The van der Waals surface area contributed by atoms with E-state index in [4.69, 9.17) is 4.74 Å². The molecule has 0 radical (unpaired) electrons. The number of nitrogens with one attached hydrogen (secondary N) is 1. The predicted octanol–water partition coefficient (Wildman–Crippen LogP) is 2.75. The van der Waals surface area contributed by atoms with Gasteiger partial charge in [0.1, 0.15) is 0 Å². The number of anilines is 1. The van der Waals surface area contributed by atoms with Gasteiger partial charge in [-0.2, -0.15) is 0 Å². The van der Waals surface area contributed by atoms with Crippen molar-refractivity contribution >= 4 is 11.5 Å². The molecule has 6 nitrogen and oxygen atoms in total. The molecule has 2 fully saturated rings. The first-order valence-electron chi connectivity index (χ1n) is 7.23. The highest BCUT2D eigenvalue weighted by atomic mass is 16.6. The fraction of sp³-hybridized carbons (Fsp3) is 0.643. The molecule has 0 aromatic carbocycles. The van der Waals surface area contributed by atoms with E-state index in [1.54, 1.807) is 12.3 Å². The van der Waals surface area contributed by atoms with Gasteiger partial charge in [0.15, 0.2) is 0 Å². The zero-order valence-corrected chi connectivity index (χ0v) is 11.3. The van der Waals surface area contributed by atoms with Crippen LogP contribution in [0.2, 0.25) is 0 Å². The van der Waals surface area contributed by atoms with Gasteiger partial charge in [0.05, 0.1) is 17.1 Å². The maximum atomic E-state index is 11.1. The van der Waals surface area contributed by atoms with Gasteiger partial charge < -0.3 is 10.1 Å². The quantitative estimate of drug-likeness (QED) is 0.661. The molecule has 1 aromatic heterocycles. The molecule has 1 aromatic rings. The maximum absolute atomic E-state index is 11.1. The summed E-state index contributed by atoms with van der Waals surface area (Å²) < 4.78 is 5.85. The first kappa shape index (κ1) is 13.3. The van der Waals surface area contributed by atoms with Crippen LogP contribution in [0, 0.1) is 16.0 Å². The SMILES string of the molecule is O=[N+]([O-])c1cccnc1NC(C1CC1)C1CCCCO1. The second-order valence-corrected chi connectivity index (χ2v) is 5.54. The molecule has 1 saturated heterocycles. The molecule has 20 heavy (non-hydrogen) atoms. The van der Waals surface area contributed by atoms with Crippen molar-refractivity contribution in [2.45, 2.75) is 44.2 Å². The van der Waals surface area contributed by atoms with E-state index in [0.717, 1.165) is 32.3 Å². The average molecular weight is 277 g/mol. The van der Waals surface area contributed by atoms with Crippen molar-refractivity contribution in [1.29, 1.82) is 0 Å². The number of hydrogen-bond acceptors (Lipinski definition) is 5. The summed E-state index contributed by atoms with van der Waals surface area (Å²) in [6.07, 6.45) is 7.36. The third kappa shape index (κ3) is 2.90. The van der Waals surface area contributed by atoms with Crippen molar-refractivity contribution in [3.8, 4) is 0 Å². The molecule has 1 aliphatic heterocycles. The Morgan fingerprint density at radius 2 is 2.25 bits per heavy atom. The lowest BCUT2D eigenvalue weighted by molar-refractivity contribution is -0.384. The third-order valence-electron chi connectivity index (χ3n) is 4.03. The lowest BCUT2D eigenvalue weighted by Crippen LogP contribution is -2.40. The first-order valence-corrected chi connectivity index (χ1v) is 7.23. The van der Waals surface area contributed by atoms with Crippen molar-refractivity contribution in [3.05, 3.63) is 28.4 Å². The van der Waals surface area contributed by atoms with Crippen LogP contribution in [-0.4, -0.2) is 28.7 Å². The highest BCUT2D eigenvalue weighted by Gasteiger charge is 2.39. The minimum atomic E-state index is -0.388. The molecule has 2 atom stereocenters. The van der Waals surface area contributed by atoms with Crippen LogP contribution >= 0.6 is 0 Å². The average Bonchev–Trinajstić information content (AvgIpc) is 3.30. The van der Waals surface area contributed by atoms with Crippen LogP contribution in [-0.2, 0) is 4.74 Å². The summed E-state index contributed by atoms with van der Waals surface area (Å²) in [5.41, 5.74) is 0.0361. The molecule has 6 heteroatoms. The fourth-order valence-electron chi connectivity index (χ4n) is 2.83. The van der Waals surface area contributed by atoms with Crippen LogP contribution in [0.15, 0.2) is 18.3 Å². The number of aromatic nitrogens is 1. The second-order valence-electron chi connectivity index (χ2n) is 5.54. The van der Waals surface area contributed by atoms with Gasteiger partial charge in [-0.15, -0.1) is 0 Å². The van der Waals surface area contributed by atoms with Crippen LogP contribution in [0.1, 0.15) is 32.1 Å². The lowest BCUT2D eigenvalue weighted by atomic mass is 9.98. The zero-order valence-electron chi connectivity index (χ0n) is 11.3. The third-order valence-corrected chi connectivity index (χ3v) is 4.03. The minimum absolute atomic E-state index is 0.0361. The van der Waals surface area contributed by atoms with E-state index in [9.17, 15) is 10.1 Å². The summed E-state index contributed by atoms with van der Waals surface area (Å²) in [5.74, 6) is 0.920. The number of hydrogen-bond donors (Lipinski definition) is 1. The van der Waals surface area contributed by atoms with E-state index in [2.05, 4.69) is 10.3 Å². The monoisotopic (exact) mass is 277 g/mol. The number of ether oxygens (including phenoxy) is 1. The molecular weight excluding hydrogens is 258 g/mol. The molecule has 1 saturated carbocycles. The minimum Gasteiger partial charge on any atom is -0.376 e. The summed E-state index contributed by atoms with van der Waals surface area (Å²) in [7, 11) is 0. The maximum Gasteiger partial charge on any atom is 0.311 e. The van der Waals surface area contributed by atoms with Crippen LogP contribution in [0.5, 0.6) is 0 Å². The van der Waals surface area contributed by atoms with Crippen LogP contribution in [0.25, 0.3) is 0 Å². The van der Waals surface area contributed by atoms with E-state index >= 15 is 0 Å². The molecule has 2 unspecified atom stereocenters. The second kappa shape index (κ2) is 5.75. The summed E-state index contributed by atoms with van der Waals surface area (Å²) >= 11 is 0. The lowest BCUT2D eigenvalue weighted by Gasteiger charge is -2.31. The number of pyridine rings is 1. The van der Waals surface area contributed by atoms with Crippen molar-refractivity contribution < 1.29 is 9.66 Å². The number of nitro groups is 1. The van der Waals surface area contributed by atoms with E-state index < -0.39 is 0 Å². The molecule has 2 heterocycles. The van der Waals surface area contributed by atoms with Gasteiger partial charge in [-0.3, -0.25) is 10.1 Å². The molecule has 0 bridgehead atoms. The van der Waals surface area contributed by atoms with E-state index in [1.807, 2.05) is 0 Å². The summed E-state index contributed by atoms with van der Waals surface area (Å²) in [6, 6.07) is 3.22. The summed E-state index contributed by atoms with van der Waals surface area (Å²) in [4.78, 5) is 14.8. The van der Waals surface area contributed by atoms with E-state index in [0.29, 0.717) is 11.7 Å². The van der Waals surface area contributed by atoms with Crippen LogP contribution in [0.4, 0.5) is 11.5 Å². The Bertz CT molecular complexity index is 484. The molecule has 3 rings (SSSR count). The Labute approximate surface area is 117 Å². The molecule has 1 aliphatic carbocycles. The number of rotatable bonds is 5. The molecule has 108 valence electrons. The molecule has 1 N–H and O–H groups in total. The Hall–Kier alpha value is -1.69. The van der Waals surface area contributed by atoms with Crippen molar-refractivity contribution in [3.63, 3.8) is 0 Å². The van der Waals surface area contributed by atoms with Crippen molar-refractivity contribution in [1.82, 2.24) is 4.98 Å². The first-order chi connectivity index (χ1) is 9.75. The standard InChI is InChI=1S/C14H19N3O3/c18-17(19)11-4-3-8-15-14(11)16-13(10-6-7-10)12-5-1-2-9-20-12/h3-4,8,10,12-13H,1-2,5-7,9H2,(H,15,16). The van der Waals surface area contributed by atoms with Crippen LogP contribution < -0.4 is 5.32 Å². The molecule has 0 spiro atoms. The normalized spacial score (nSPS) is 24.1. The van der Waals surface area contributed by atoms with Crippen molar-refractivity contribution in [2.24, 2.45) is 5.92 Å². The number of nitrogens with zero attached hydrogens (tertiary/aromatic N) is 2. The van der Waals surface area contributed by atoms with Crippen LogP contribution in [0.3, 0.4) is 0 Å². The summed E-state index contributed by atoms with van der Waals surface area (Å²) in [5, 5.41) is 14.3. The molecular formula is C14H19N3O3. The topological polar surface area (TPSA) is 77.3 Å². The molecule has 2 aliphatic rings. The van der Waals surface area contributed by atoms with Crippen molar-refractivity contribution in [2.75, 3.05) is 11.9 Å². The highest BCUT2D eigenvalue weighted by Crippen LogP contribution is 2.39. The van der Waals surface area contributed by atoms with Gasteiger partial charge in [0, 0.05) is 18.9 Å². The molecule has 0 amide bonds. The Balaban J connectivity index is 1.78. The van der Waals surface area contributed by atoms with Gasteiger partial charge in [0.25, 0.3) is 0 Å².